The minimum atomic E-state index is 0.233. The molecule has 0 aromatic heterocycles. The van der Waals surface area contributed by atoms with E-state index in [2.05, 4.69) is 7.05 Å². The Morgan fingerprint density at radius 1 is 0.815 bits per heavy atom. The van der Waals surface area contributed by atoms with E-state index in [1.165, 1.54) is 32.2 Å². The number of fused-ring (bicyclic) bond motifs is 8. The minimum absolute atomic E-state index is 0.233. The van der Waals surface area contributed by atoms with Gasteiger partial charge in [-0.1, -0.05) is 0 Å². The first-order chi connectivity index (χ1) is 13.2. The van der Waals surface area contributed by atoms with Crippen molar-refractivity contribution in [3.8, 4) is 0 Å². The van der Waals surface area contributed by atoms with E-state index in [4.69, 9.17) is 23.7 Å². The fourth-order valence-electron chi connectivity index (χ4n) is 8.14. The summed E-state index contributed by atoms with van der Waals surface area (Å²) < 4.78 is 29.8. The molecule has 0 bridgehead atoms. The smallest absolute Gasteiger partial charge is 0.147 e. The lowest BCUT2D eigenvalue weighted by Crippen LogP contribution is -3.18. The maximum Gasteiger partial charge on any atom is 0.147 e. The van der Waals surface area contributed by atoms with Gasteiger partial charge in [-0.05, 0) is 31.6 Å². The first-order valence-corrected chi connectivity index (χ1v) is 11.1. The fourth-order valence-corrected chi connectivity index (χ4v) is 8.14. The van der Waals surface area contributed by atoms with Crippen molar-refractivity contribution in [2.24, 2.45) is 29.6 Å². The number of ether oxygens (including phenoxy) is 5. The molecule has 6 rings (SSSR count). The van der Waals surface area contributed by atoms with Gasteiger partial charge in [0, 0.05) is 37.2 Å². The number of rotatable bonds is 1. The van der Waals surface area contributed by atoms with Crippen LogP contribution in [0.15, 0.2) is 0 Å². The van der Waals surface area contributed by atoms with Gasteiger partial charge in [0.2, 0.25) is 0 Å². The van der Waals surface area contributed by atoms with E-state index >= 15 is 0 Å². The predicted molar refractivity (Wildman–Crippen MR) is 96.1 cm³/mol. The first kappa shape index (κ1) is 17.6. The summed E-state index contributed by atoms with van der Waals surface area (Å²) >= 11 is 0. The fraction of sp³-hybridized carbons (Fsp3) is 1.00. The zero-order valence-electron chi connectivity index (χ0n) is 16.5. The number of hydrogen-bond donors (Lipinski definition) is 1. The van der Waals surface area contributed by atoms with Crippen molar-refractivity contribution >= 4 is 0 Å². The Morgan fingerprint density at radius 2 is 1.59 bits per heavy atom. The summed E-state index contributed by atoms with van der Waals surface area (Å²) in [6.07, 6.45) is 7.58. The monoisotopic (exact) mass is 380 g/mol. The lowest BCUT2D eigenvalue weighted by Gasteiger charge is -2.58. The summed E-state index contributed by atoms with van der Waals surface area (Å²) in [7, 11) is 4.33. The molecule has 27 heavy (non-hydrogen) atoms. The summed E-state index contributed by atoms with van der Waals surface area (Å²) in [5.41, 5.74) is 0. The predicted octanol–water partition coefficient (Wildman–Crippen LogP) is 0.454. The van der Waals surface area contributed by atoms with Gasteiger partial charge in [0.25, 0.3) is 0 Å². The molecular weight excluding hydrogens is 346 g/mol. The molecule has 3 saturated carbocycles. The summed E-state index contributed by atoms with van der Waals surface area (Å²) in [5.74, 6) is 3.49. The molecule has 3 aliphatic carbocycles. The lowest BCUT2D eigenvalue weighted by atomic mass is 9.54. The van der Waals surface area contributed by atoms with Crippen LogP contribution >= 0.6 is 0 Å². The Balaban J connectivity index is 1.30. The third-order valence-corrected chi connectivity index (χ3v) is 9.06. The van der Waals surface area contributed by atoms with Crippen molar-refractivity contribution in [3.63, 3.8) is 0 Å². The van der Waals surface area contributed by atoms with Gasteiger partial charge in [-0.15, -0.1) is 0 Å². The maximum atomic E-state index is 6.08. The van der Waals surface area contributed by atoms with Crippen molar-refractivity contribution in [2.75, 3.05) is 34.3 Å². The van der Waals surface area contributed by atoms with E-state index < -0.39 is 0 Å². The Hall–Kier alpha value is -0.240. The normalized spacial score (nSPS) is 59.3. The van der Waals surface area contributed by atoms with E-state index in [1.54, 1.807) is 4.90 Å². The van der Waals surface area contributed by atoms with Gasteiger partial charge >= 0.3 is 0 Å². The molecule has 0 aromatic carbocycles. The number of methoxy groups -OCH3 is 1. The van der Waals surface area contributed by atoms with Crippen LogP contribution in [0.1, 0.15) is 32.1 Å². The second-order valence-corrected chi connectivity index (χ2v) is 9.95. The lowest BCUT2D eigenvalue weighted by molar-refractivity contribution is -0.929. The van der Waals surface area contributed by atoms with Gasteiger partial charge in [0.05, 0.1) is 50.2 Å². The van der Waals surface area contributed by atoms with Crippen molar-refractivity contribution in [2.45, 2.75) is 68.7 Å². The molecule has 152 valence electrons. The maximum absolute atomic E-state index is 6.08. The van der Waals surface area contributed by atoms with Crippen LogP contribution in [0.4, 0.5) is 0 Å². The molecule has 12 atom stereocenters. The summed E-state index contributed by atoms with van der Waals surface area (Å²) in [6, 6.07) is 0.728. The van der Waals surface area contributed by atoms with Gasteiger partial charge in [-0.3, -0.25) is 0 Å². The number of hydrogen-bond acceptors (Lipinski definition) is 5. The average Bonchev–Trinajstić information content (AvgIpc) is 3.33. The molecule has 0 aromatic rings. The molecule has 3 saturated heterocycles. The van der Waals surface area contributed by atoms with Gasteiger partial charge in [0.15, 0.2) is 0 Å². The van der Waals surface area contributed by atoms with E-state index in [0.717, 1.165) is 30.2 Å². The molecule has 6 heteroatoms. The van der Waals surface area contributed by atoms with Crippen molar-refractivity contribution in [1.29, 1.82) is 0 Å². The minimum Gasteiger partial charge on any atom is -0.381 e. The first-order valence-electron chi connectivity index (χ1n) is 11.1. The van der Waals surface area contributed by atoms with Crippen LogP contribution in [0, 0.1) is 29.6 Å². The van der Waals surface area contributed by atoms with Crippen LogP contribution < -0.4 is 4.90 Å². The van der Waals surface area contributed by atoms with E-state index in [9.17, 15) is 0 Å². The zero-order valence-corrected chi connectivity index (χ0v) is 16.5. The average molecular weight is 381 g/mol. The van der Waals surface area contributed by atoms with Crippen LogP contribution in [-0.4, -0.2) is 70.8 Å². The van der Waals surface area contributed by atoms with Gasteiger partial charge in [-0.25, -0.2) is 0 Å². The van der Waals surface area contributed by atoms with E-state index in [-0.39, 0.29) is 12.2 Å². The van der Waals surface area contributed by atoms with Crippen LogP contribution in [0.3, 0.4) is 0 Å². The summed E-state index contributed by atoms with van der Waals surface area (Å²) in [4.78, 5) is 1.71. The highest BCUT2D eigenvalue weighted by Gasteiger charge is 2.61. The highest BCUT2D eigenvalue weighted by Crippen LogP contribution is 2.52. The molecule has 6 fully saturated rings. The number of quaternary nitrogens is 1. The van der Waals surface area contributed by atoms with E-state index in [0.29, 0.717) is 43.7 Å². The third-order valence-electron chi connectivity index (χ3n) is 9.06. The second kappa shape index (κ2) is 6.64. The Morgan fingerprint density at radius 3 is 2.44 bits per heavy atom. The number of nitrogens with one attached hydrogen (secondary N) is 1. The van der Waals surface area contributed by atoms with Crippen LogP contribution in [-0.2, 0) is 23.7 Å². The van der Waals surface area contributed by atoms with Gasteiger partial charge < -0.3 is 28.6 Å². The van der Waals surface area contributed by atoms with Gasteiger partial charge in [0.1, 0.15) is 13.6 Å². The highest BCUT2D eigenvalue weighted by atomic mass is 16.7. The molecule has 6 aliphatic rings. The Kier molecular flexibility index (Phi) is 4.33. The van der Waals surface area contributed by atoms with Gasteiger partial charge in [-0.2, -0.15) is 0 Å². The second-order valence-electron chi connectivity index (χ2n) is 9.95. The van der Waals surface area contributed by atoms with Crippen LogP contribution in [0.5, 0.6) is 0 Å². The van der Waals surface area contributed by atoms with Crippen LogP contribution in [0.25, 0.3) is 0 Å². The highest BCUT2D eigenvalue weighted by molar-refractivity contribution is 5.06. The SMILES string of the molecule is COC1CC2OCOC2C2C[NH+](C)C3C4CC5OCOC5CC4CCC3C12. The van der Waals surface area contributed by atoms with Crippen LogP contribution in [0.2, 0.25) is 0 Å². The summed E-state index contributed by atoms with van der Waals surface area (Å²) in [6.45, 7) is 2.15. The molecule has 6 nitrogen and oxygen atoms in total. The molecule has 0 spiro atoms. The molecule has 3 heterocycles. The third kappa shape index (κ3) is 2.60. The summed E-state index contributed by atoms with van der Waals surface area (Å²) in [5, 5.41) is 0. The zero-order chi connectivity index (χ0) is 18.1. The molecule has 3 aliphatic heterocycles. The van der Waals surface area contributed by atoms with E-state index in [1.807, 2.05) is 7.11 Å². The molecule has 0 amide bonds. The number of piperidine rings is 1. The van der Waals surface area contributed by atoms with Crippen molar-refractivity contribution in [1.82, 2.24) is 0 Å². The molecule has 0 radical (unpaired) electrons. The molecule has 1 N–H and O–H groups in total. The van der Waals surface area contributed by atoms with Crippen molar-refractivity contribution < 1.29 is 28.6 Å². The molecular formula is C21H34NO5+. The number of likely N-dealkylation sites (tertiary alicyclic amines) is 1. The molecule has 12 unspecified atom stereocenters. The Bertz CT molecular complexity index is 575. The van der Waals surface area contributed by atoms with Crippen molar-refractivity contribution in [3.05, 3.63) is 0 Å². The standard InChI is InChI=1S/C21H33NO5/c1-22-8-14-19(17(23-2)7-18-21(14)27-10-26-18)12-4-3-11-5-15-16(25-9-24-15)6-13(11)20(12)22/h11-21H,3-10H2,1-2H3/p+1. The largest absolute Gasteiger partial charge is 0.381 e. The topological polar surface area (TPSA) is 50.6 Å². The Labute approximate surface area is 161 Å². The quantitative estimate of drug-likeness (QED) is 0.716.